The first-order valence-electron chi connectivity index (χ1n) is 10.4. The molecule has 0 radical (unpaired) electrons. The van der Waals surface area contributed by atoms with Crippen LogP contribution in [0.5, 0.6) is 5.75 Å². The number of hydrogen-bond acceptors (Lipinski definition) is 4. The molecule has 3 aromatic rings. The lowest BCUT2D eigenvalue weighted by atomic mass is 9.96. The summed E-state index contributed by atoms with van der Waals surface area (Å²) in [6, 6.07) is 17.4. The Morgan fingerprint density at radius 1 is 1.10 bits per heavy atom. The summed E-state index contributed by atoms with van der Waals surface area (Å²) in [5.41, 5.74) is 1.55. The molecule has 4 rings (SSSR count). The lowest BCUT2D eigenvalue weighted by molar-refractivity contribution is 0.0657. The van der Waals surface area contributed by atoms with Gasteiger partial charge < -0.3 is 19.4 Å². The van der Waals surface area contributed by atoms with Gasteiger partial charge in [-0.1, -0.05) is 43.3 Å². The van der Waals surface area contributed by atoms with Gasteiger partial charge in [-0.15, -0.1) is 0 Å². The van der Waals surface area contributed by atoms with Gasteiger partial charge in [0.1, 0.15) is 17.9 Å². The second kappa shape index (κ2) is 9.14. The molecule has 1 fully saturated rings. The number of piperidine rings is 1. The Hall–Kier alpha value is -2.79. The number of nitrogens with zero attached hydrogens (tertiary/aromatic N) is 1. The highest BCUT2D eigenvalue weighted by molar-refractivity contribution is 5.99. The summed E-state index contributed by atoms with van der Waals surface area (Å²) < 4.78 is 12.0. The first-order chi connectivity index (χ1) is 14.3. The van der Waals surface area contributed by atoms with Crippen LogP contribution in [0.1, 0.15) is 35.9 Å². The van der Waals surface area contributed by atoms with E-state index < -0.39 is 0 Å². The molecule has 1 aliphatic rings. The number of likely N-dealkylation sites (tertiary alicyclic amines) is 1. The van der Waals surface area contributed by atoms with Crippen molar-refractivity contribution >= 4 is 16.9 Å². The maximum atomic E-state index is 13.3. The number of benzene rings is 2. The molecule has 0 aliphatic carbocycles. The van der Waals surface area contributed by atoms with Crippen molar-refractivity contribution in [2.75, 3.05) is 26.2 Å². The molecule has 0 spiro atoms. The van der Waals surface area contributed by atoms with Gasteiger partial charge in [-0.3, -0.25) is 4.79 Å². The van der Waals surface area contributed by atoms with Gasteiger partial charge in [-0.05, 0) is 50.0 Å². The van der Waals surface area contributed by atoms with Crippen molar-refractivity contribution < 1.29 is 13.9 Å². The fourth-order valence-electron chi connectivity index (χ4n) is 3.92. The molecule has 1 aromatic heterocycles. The van der Waals surface area contributed by atoms with Crippen LogP contribution in [0, 0.1) is 5.92 Å². The Morgan fingerprint density at radius 2 is 1.83 bits per heavy atom. The molecule has 0 bridgehead atoms. The Morgan fingerprint density at radius 3 is 2.59 bits per heavy atom. The molecule has 5 heteroatoms. The van der Waals surface area contributed by atoms with Crippen LogP contribution in [-0.4, -0.2) is 37.0 Å². The van der Waals surface area contributed by atoms with Crippen molar-refractivity contribution in [2.24, 2.45) is 5.92 Å². The SMILES string of the molecule is CCNCC1CCN(C(=O)c2oc3ccccc3c2COc2ccccc2)CC1. The van der Waals surface area contributed by atoms with Crippen molar-refractivity contribution in [3.8, 4) is 5.75 Å². The largest absolute Gasteiger partial charge is 0.489 e. The van der Waals surface area contributed by atoms with Gasteiger partial charge in [0.25, 0.3) is 5.91 Å². The van der Waals surface area contributed by atoms with E-state index in [-0.39, 0.29) is 5.91 Å². The number of amides is 1. The third kappa shape index (κ3) is 4.46. The fourth-order valence-corrected chi connectivity index (χ4v) is 3.92. The van der Waals surface area contributed by atoms with Gasteiger partial charge in [0.2, 0.25) is 0 Å². The van der Waals surface area contributed by atoms with Crippen LogP contribution in [0.2, 0.25) is 0 Å². The minimum Gasteiger partial charge on any atom is -0.489 e. The molecular weight excluding hydrogens is 364 g/mol. The highest BCUT2D eigenvalue weighted by Crippen LogP contribution is 2.29. The molecular formula is C24H28N2O3. The zero-order valence-electron chi connectivity index (χ0n) is 16.9. The molecule has 0 atom stereocenters. The van der Waals surface area contributed by atoms with Crippen LogP contribution < -0.4 is 10.1 Å². The minimum atomic E-state index is -0.0326. The number of carbonyl (C=O) groups excluding carboxylic acids is 1. The Labute approximate surface area is 171 Å². The van der Waals surface area contributed by atoms with E-state index in [9.17, 15) is 4.79 Å². The summed E-state index contributed by atoms with van der Waals surface area (Å²) in [5.74, 6) is 1.79. The van der Waals surface area contributed by atoms with Crippen molar-refractivity contribution in [2.45, 2.75) is 26.4 Å². The van der Waals surface area contributed by atoms with Crippen LogP contribution in [0.25, 0.3) is 11.0 Å². The number of fused-ring (bicyclic) bond motifs is 1. The van der Waals surface area contributed by atoms with Gasteiger partial charge in [-0.2, -0.15) is 0 Å². The zero-order chi connectivity index (χ0) is 20.1. The predicted octanol–water partition coefficient (Wildman–Crippen LogP) is 4.47. The Balaban J connectivity index is 1.52. The van der Waals surface area contributed by atoms with E-state index >= 15 is 0 Å². The summed E-state index contributed by atoms with van der Waals surface area (Å²) in [4.78, 5) is 15.2. The lowest BCUT2D eigenvalue weighted by Crippen LogP contribution is -2.41. The average molecular weight is 392 g/mol. The van der Waals surface area contributed by atoms with Crippen LogP contribution >= 0.6 is 0 Å². The molecule has 1 N–H and O–H groups in total. The number of carbonyl (C=O) groups is 1. The van der Waals surface area contributed by atoms with Crippen molar-refractivity contribution in [3.63, 3.8) is 0 Å². The van der Waals surface area contributed by atoms with E-state index in [1.807, 2.05) is 59.5 Å². The second-order valence-electron chi connectivity index (χ2n) is 7.55. The molecule has 1 saturated heterocycles. The quantitative estimate of drug-likeness (QED) is 0.644. The molecule has 2 heterocycles. The highest BCUT2D eigenvalue weighted by Gasteiger charge is 2.28. The maximum Gasteiger partial charge on any atom is 0.290 e. The van der Waals surface area contributed by atoms with E-state index in [1.54, 1.807) is 0 Å². The lowest BCUT2D eigenvalue weighted by Gasteiger charge is -2.31. The van der Waals surface area contributed by atoms with Gasteiger partial charge in [0.05, 0.1) is 0 Å². The van der Waals surface area contributed by atoms with E-state index in [0.717, 1.165) is 61.3 Å². The van der Waals surface area contributed by atoms with Crippen LogP contribution in [-0.2, 0) is 6.61 Å². The fraction of sp³-hybridized carbons (Fsp3) is 0.375. The summed E-state index contributed by atoms with van der Waals surface area (Å²) in [6.45, 7) is 5.98. The number of para-hydroxylation sites is 2. The normalized spacial score (nSPS) is 15.0. The monoisotopic (exact) mass is 392 g/mol. The van der Waals surface area contributed by atoms with E-state index in [0.29, 0.717) is 18.3 Å². The van der Waals surface area contributed by atoms with Crippen molar-refractivity contribution in [1.29, 1.82) is 0 Å². The number of ether oxygens (including phenoxy) is 1. The third-order valence-corrected chi connectivity index (χ3v) is 5.60. The predicted molar refractivity (Wildman–Crippen MR) is 114 cm³/mol. The van der Waals surface area contributed by atoms with Gasteiger partial charge in [0.15, 0.2) is 5.76 Å². The molecule has 29 heavy (non-hydrogen) atoms. The Kier molecular flexibility index (Phi) is 6.15. The Bertz CT molecular complexity index is 943. The van der Waals surface area contributed by atoms with Crippen molar-refractivity contribution in [3.05, 3.63) is 65.9 Å². The standard InChI is InChI=1S/C24H28N2O3/c1-2-25-16-18-12-14-26(15-13-18)24(27)23-21(17-28-19-8-4-3-5-9-19)20-10-6-7-11-22(20)29-23/h3-11,18,25H,2,12-17H2,1H3. The third-order valence-electron chi connectivity index (χ3n) is 5.60. The van der Waals surface area contributed by atoms with Crippen LogP contribution in [0.15, 0.2) is 59.0 Å². The van der Waals surface area contributed by atoms with Crippen LogP contribution in [0.4, 0.5) is 0 Å². The molecule has 152 valence electrons. The summed E-state index contributed by atoms with van der Waals surface area (Å²) in [5, 5.41) is 4.35. The summed E-state index contributed by atoms with van der Waals surface area (Å²) in [6.07, 6.45) is 2.05. The number of nitrogens with one attached hydrogen (secondary N) is 1. The molecule has 2 aromatic carbocycles. The first-order valence-corrected chi connectivity index (χ1v) is 10.4. The number of furan rings is 1. The molecule has 1 amide bonds. The highest BCUT2D eigenvalue weighted by atomic mass is 16.5. The first kappa shape index (κ1) is 19.5. The zero-order valence-corrected chi connectivity index (χ0v) is 16.9. The average Bonchev–Trinajstić information content (AvgIpc) is 3.15. The smallest absolute Gasteiger partial charge is 0.290 e. The molecule has 0 unspecified atom stereocenters. The van der Waals surface area contributed by atoms with Crippen LogP contribution in [0.3, 0.4) is 0 Å². The maximum absolute atomic E-state index is 13.3. The van der Waals surface area contributed by atoms with Gasteiger partial charge >= 0.3 is 0 Å². The molecule has 0 saturated carbocycles. The molecule has 5 nitrogen and oxygen atoms in total. The van der Waals surface area contributed by atoms with Crippen molar-refractivity contribution in [1.82, 2.24) is 10.2 Å². The number of rotatable bonds is 7. The topological polar surface area (TPSA) is 54.7 Å². The van der Waals surface area contributed by atoms with E-state index in [4.69, 9.17) is 9.15 Å². The van der Waals surface area contributed by atoms with E-state index in [1.165, 1.54) is 0 Å². The van der Waals surface area contributed by atoms with Gasteiger partial charge in [-0.25, -0.2) is 0 Å². The number of hydrogen-bond donors (Lipinski definition) is 1. The molecule has 1 aliphatic heterocycles. The van der Waals surface area contributed by atoms with Gasteiger partial charge in [0, 0.05) is 24.0 Å². The second-order valence-corrected chi connectivity index (χ2v) is 7.55. The summed E-state index contributed by atoms with van der Waals surface area (Å²) in [7, 11) is 0. The van der Waals surface area contributed by atoms with E-state index in [2.05, 4.69) is 12.2 Å². The minimum absolute atomic E-state index is 0.0326. The summed E-state index contributed by atoms with van der Waals surface area (Å²) >= 11 is 0.